The highest BCUT2D eigenvalue weighted by atomic mass is 32.1. The number of aromatic carboxylic acids is 1. The average Bonchev–Trinajstić information content (AvgIpc) is 3.15. The molecule has 0 aliphatic carbocycles. The van der Waals surface area contributed by atoms with Crippen LogP contribution in [0.15, 0.2) is 10.7 Å². The van der Waals surface area contributed by atoms with Gasteiger partial charge in [0.15, 0.2) is 0 Å². The number of nitrogens with zero attached hydrogens (tertiary/aromatic N) is 4. The molecule has 0 spiro atoms. The van der Waals surface area contributed by atoms with Crippen molar-refractivity contribution in [1.82, 2.24) is 19.9 Å². The van der Waals surface area contributed by atoms with Gasteiger partial charge in [0, 0.05) is 26.2 Å². The minimum Gasteiger partial charge on any atom is -0.477 e. The molecule has 0 aromatic carbocycles. The van der Waals surface area contributed by atoms with Gasteiger partial charge < -0.3 is 14.5 Å². The number of rotatable bonds is 4. The fourth-order valence-corrected chi connectivity index (χ4v) is 3.53. The number of aromatic nitrogens is 2. The van der Waals surface area contributed by atoms with Crippen LogP contribution >= 0.6 is 11.3 Å². The summed E-state index contributed by atoms with van der Waals surface area (Å²) >= 11 is 1.19. The number of hydrogen-bond donors (Lipinski definition) is 1. The molecule has 8 nitrogen and oxygen atoms in total. The lowest BCUT2D eigenvalue weighted by molar-refractivity contribution is 0.0625. The quantitative estimate of drug-likeness (QED) is 0.889. The number of carboxylic acid groups (broad SMARTS) is 1. The largest absolute Gasteiger partial charge is 0.477 e. The zero-order valence-corrected chi connectivity index (χ0v) is 14.3. The lowest BCUT2D eigenvalue weighted by Gasteiger charge is -2.34. The Morgan fingerprint density at radius 1 is 1.29 bits per heavy atom. The highest BCUT2D eigenvalue weighted by Crippen LogP contribution is 2.19. The van der Waals surface area contributed by atoms with Crippen LogP contribution in [0.3, 0.4) is 0 Å². The molecule has 1 amide bonds. The maximum atomic E-state index is 12.6. The Bertz CT molecular complexity index is 742. The molecule has 1 aliphatic rings. The van der Waals surface area contributed by atoms with Crippen LogP contribution in [-0.4, -0.2) is 63.1 Å². The van der Waals surface area contributed by atoms with Crippen LogP contribution in [0.25, 0.3) is 0 Å². The van der Waals surface area contributed by atoms with Gasteiger partial charge >= 0.3 is 5.97 Å². The van der Waals surface area contributed by atoms with Crippen LogP contribution in [0.4, 0.5) is 0 Å². The van der Waals surface area contributed by atoms with Gasteiger partial charge in [-0.25, -0.2) is 9.78 Å². The van der Waals surface area contributed by atoms with Crippen molar-refractivity contribution in [3.05, 3.63) is 33.1 Å². The number of carboxylic acids is 1. The Hall–Kier alpha value is -2.26. The van der Waals surface area contributed by atoms with E-state index in [-0.39, 0.29) is 10.8 Å². The average molecular weight is 350 g/mol. The third-order valence-corrected chi connectivity index (χ3v) is 5.00. The number of carbonyl (C=O) groups excluding carboxylic acids is 1. The second kappa shape index (κ2) is 6.70. The standard InChI is InChI=1S/C15H18N4O4S/c1-9-13(10(2)23-17-9)14(20)19-5-3-18(4-6-19)8-12-16-7-11(24-12)15(21)22/h7H,3-6,8H2,1-2H3,(H,21,22). The molecule has 2 aromatic rings. The summed E-state index contributed by atoms with van der Waals surface area (Å²) in [6.45, 7) is 6.77. The molecule has 1 saturated heterocycles. The van der Waals surface area contributed by atoms with Gasteiger partial charge in [0.25, 0.3) is 5.91 Å². The third kappa shape index (κ3) is 3.31. The summed E-state index contributed by atoms with van der Waals surface area (Å²) in [5, 5.41) is 13.5. The van der Waals surface area contributed by atoms with Crippen molar-refractivity contribution in [3.8, 4) is 0 Å². The minimum absolute atomic E-state index is 0.0479. The summed E-state index contributed by atoms with van der Waals surface area (Å²) in [6.07, 6.45) is 1.39. The molecule has 0 radical (unpaired) electrons. The monoisotopic (exact) mass is 350 g/mol. The van der Waals surface area contributed by atoms with E-state index in [0.29, 0.717) is 36.7 Å². The van der Waals surface area contributed by atoms with E-state index in [9.17, 15) is 9.59 Å². The molecule has 0 bridgehead atoms. The Balaban J connectivity index is 1.57. The Kier molecular flexibility index (Phi) is 4.63. The van der Waals surface area contributed by atoms with E-state index >= 15 is 0 Å². The van der Waals surface area contributed by atoms with Crippen LogP contribution in [-0.2, 0) is 6.54 Å². The van der Waals surface area contributed by atoms with Gasteiger partial charge in [-0.2, -0.15) is 0 Å². The summed E-state index contributed by atoms with van der Waals surface area (Å²) in [7, 11) is 0. The molecule has 2 aromatic heterocycles. The molecular formula is C15H18N4O4S. The predicted molar refractivity (Wildman–Crippen MR) is 86.2 cm³/mol. The molecule has 0 unspecified atom stereocenters. The zero-order chi connectivity index (χ0) is 17.3. The maximum absolute atomic E-state index is 12.6. The highest BCUT2D eigenvalue weighted by Gasteiger charge is 2.27. The normalized spacial score (nSPS) is 15.7. The molecule has 0 atom stereocenters. The van der Waals surface area contributed by atoms with E-state index in [4.69, 9.17) is 9.63 Å². The van der Waals surface area contributed by atoms with E-state index in [1.165, 1.54) is 17.5 Å². The van der Waals surface area contributed by atoms with Gasteiger partial charge in [-0.1, -0.05) is 5.16 Å². The van der Waals surface area contributed by atoms with Gasteiger partial charge in [-0.15, -0.1) is 11.3 Å². The van der Waals surface area contributed by atoms with E-state index in [2.05, 4.69) is 15.0 Å². The van der Waals surface area contributed by atoms with E-state index in [0.717, 1.165) is 18.1 Å². The molecule has 3 rings (SSSR count). The SMILES string of the molecule is Cc1noc(C)c1C(=O)N1CCN(Cc2ncc(C(=O)O)s2)CC1. The van der Waals surface area contributed by atoms with Gasteiger partial charge in [0.2, 0.25) is 0 Å². The number of piperazine rings is 1. The lowest BCUT2D eigenvalue weighted by Crippen LogP contribution is -2.48. The fraction of sp³-hybridized carbons (Fsp3) is 0.467. The van der Waals surface area contributed by atoms with Gasteiger partial charge in [-0.05, 0) is 13.8 Å². The van der Waals surface area contributed by atoms with Crippen LogP contribution in [0.5, 0.6) is 0 Å². The van der Waals surface area contributed by atoms with Gasteiger partial charge in [-0.3, -0.25) is 9.69 Å². The van der Waals surface area contributed by atoms with Crippen LogP contribution < -0.4 is 0 Å². The van der Waals surface area contributed by atoms with E-state index < -0.39 is 5.97 Å². The summed E-state index contributed by atoms with van der Waals surface area (Å²) in [6, 6.07) is 0. The smallest absolute Gasteiger partial charge is 0.347 e. The Labute approximate surface area is 142 Å². The number of hydrogen-bond acceptors (Lipinski definition) is 7. The first kappa shape index (κ1) is 16.6. The highest BCUT2D eigenvalue weighted by molar-refractivity contribution is 7.13. The summed E-state index contributed by atoms with van der Waals surface area (Å²) in [5.74, 6) is -0.453. The maximum Gasteiger partial charge on any atom is 0.347 e. The zero-order valence-electron chi connectivity index (χ0n) is 13.5. The molecule has 128 valence electrons. The summed E-state index contributed by atoms with van der Waals surface area (Å²) < 4.78 is 5.07. The summed E-state index contributed by atoms with van der Waals surface area (Å²) in [5.41, 5.74) is 1.17. The number of amides is 1. The topological polar surface area (TPSA) is 99.8 Å². The van der Waals surface area contributed by atoms with Gasteiger partial charge in [0.1, 0.15) is 21.2 Å². The van der Waals surface area contributed by atoms with Crippen molar-refractivity contribution < 1.29 is 19.2 Å². The first-order valence-corrected chi connectivity index (χ1v) is 8.40. The van der Waals surface area contributed by atoms with Crippen molar-refractivity contribution in [2.75, 3.05) is 26.2 Å². The molecule has 1 N–H and O–H groups in total. The second-order valence-corrected chi connectivity index (χ2v) is 6.81. The van der Waals surface area contributed by atoms with Crippen molar-refractivity contribution in [2.45, 2.75) is 20.4 Å². The fourth-order valence-electron chi connectivity index (χ4n) is 2.73. The Morgan fingerprint density at radius 2 is 2.00 bits per heavy atom. The third-order valence-electron chi connectivity index (χ3n) is 4.03. The first-order valence-electron chi connectivity index (χ1n) is 7.58. The number of aryl methyl sites for hydroxylation is 2. The molecule has 0 saturated carbocycles. The number of carbonyl (C=O) groups is 2. The van der Waals surface area contributed by atoms with Crippen molar-refractivity contribution in [3.63, 3.8) is 0 Å². The van der Waals surface area contributed by atoms with Crippen molar-refractivity contribution in [1.29, 1.82) is 0 Å². The molecule has 9 heteroatoms. The molecule has 1 fully saturated rings. The van der Waals surface area contributed by atoms with Gasteiger partial charge in [0.05, 0.1) is 18.4 Å². The van der Waals surface area contributed by atoms with Crippen LogP contribution in [0.1, 0.15) is 36.5 Å². The molecule has 3 heterocycles. The van der Waals surface area contributed by atoms with Crippen LogP contribution in [0.2, 0.25) is 0 Å². The second-order valence-electron chi connectivity index (χ2n) is 5.69. The predicted octanol–water partition coefficient (Wildman–Crippen LogP) is 1.40. The van der Waals surface area contributed by atoms with Crippen molar-refractivity contribution >= 4 is 23.2 Å². The minimum atomic E-state index is -0.950. The van der Waals surface area contributed by atoms with E-state index in [1.54, 1.807) is 18.7 Å². The van der Waals surface area contributed by atoms with E-state index in [1.807, 2.05) is 0 Å². The first-order chi connectivity index (χ1) is 11.5. The Morgan fingerprint density at radius 3 is 2.54 bits per heavy atom. The van der Waals surface area contributed by atoms with Crippen molar-refractivity contribution in [2.24, 2.45) is 0 Å². The lowest BCUT2D eigenvalue weighted by atomic mass is 10.1. The van der Waals surface area contributed by atoms with Crippen LogP contribution in [0, 0.1) is 13.8 Å². The number of thiazole rings is 1. The molecular weight excluding hydrogens is 332 g/mol. The molecule has 24 heavy (non-hydrogen) atoms. The molecule has 1 aliphatic heterocycles. The summed E-state index contributed by atoms with van der Waals surface area (Å²) in [4.78, 5) is 31.8.